The molecule has 0 bridgehead atoms. The lowest BCUT2D eigenvalue weighted by molar-refractivity contribution is -0.117. The highest BCUT2D eigenvalue weighted by Gasteiger charge is 2.04. The van der Waals surface area contributed by atoms with E-state index in [9.17, 15) is 4.79 Å². The van der Waals surface area contributed by atoms with Gasteiger partial charge >= 0.3 is 0 Å². The average Bonchev–Trinajstić information content (AvgIpc) is 2.37. The van der Waals surface area contributed by atoms with E-state index in [0.29, 0.717) is 25.3 Å². The molecule has 0 saturated carbocycles. The molecular weight excluding hydrogens is 226 g/mol. The van der Waals surface area contributed by atoms with Gasteiger partial charge in [-0.05, 0) is 6.92 Å². The van der Waals surface area contributed by atoms with Gasteiger partial charge < -0.3 is 16.0 Å². The molecule has 104 valence electrons. The van der Waals surface area contributed by atoms with Gasteiger partial charge in [0.05, 0.1) is 5.70 Å². The van der Waals surface area contributed by atoms with Crippen LogP contribution >= 0.6 is 0 Å². The lowest BCUT2D eigenvalue weighted by atomic mass is 10.3. The summed E-state index contributed by atoms with van der Waals surface area (Å²) in [6.07, 6.45) is 1.77. The molecule has 0 aliphatic carbocycles. The number of hydrogen-bond donors (Lipinski definition) is 3. The van der Waals surface area contributed by atoms with Gasteiger partial charge in [-0.1, -0.05) is 38.7 Å². The van der Waals surface area contributed by atoms with E-state index in [1.807, 2.05) is 20.8 Å². The summed E-state index contributed by atoms with van der Waals surface area (Å²) in [6, 6.07) is 0. The topological polar surface area (TPSA) is 53.2 Å². The monoisotopic (exact) mass is 253 g/mol. The van der Waals surface area contributed by atoms with Gasteiger partial charge in [0.2, 0.25) is 0 Å². The van der Waals surface area contributed by atoms with Crippen molar-refractivity contribution in [3.05, 3.63) is 37.1 Å². The van der Waals surface area contributed by atoms with E-state index in [2.05, 4.69) is 35.7 Å². The van der Waals surface area contributed by atoms with Crippen molar-refractivity contribution in [1.29, 1.82) is 0 Å². The van der Waals surface area contributed by atoms with E-state index >= 15 is 0 Å². The van der Waals surface area contributed by atoms with Crippen molar-refractivity contribution in [1.82, 2.24) is 16.0 Å². The Hall–Kier alpha value is -1.55. The average molecular weight is 253 g/mol. The van der Waals surface area contributed by atoms with Gasteiger partial charge in [0.15, 0.2) is 0 Å². The molecule has 0 saturated heterocycles. The van der Waals surface area contributed by atoms with Crippen molar-refractivity contribution in [3.8, 4) is 0 Å². The molecule has 0 heterocycles. The maximum absolute atomic E-state index is 11.4. The van der Waals surface area contributed by atoms with E-state index in [0.717, 1.165) is 12.1 Å². The number of nitrogens with one attached hydrogen (secondary N) is 3. The summed E-state index contributed by atoms with van der Waals surface area (Å²) in [7, 11) is 0. The molecule has 3 N–H and O–H groups in total. The highest BCUT2D eigenvalue weighted by atomic mass is 16.2. The van der Waals surface area contributed by atoms with Crippen molar-refractivity contribution in [2.75, 3.05) is 26.2 Å². The molecule has 0 atom stereocenters. The van der Waals surface area contributed by atoms with Crippen LogP contribution in [0.4, 0.5) is 0 Å². The van der Waals surface area contributed by atoms with Crippen LogP contribution in [0.15, 0.2) is 37.1 Å². The second kappa shape index (κ2) is 13.5. The smallest absolute Gasteiger partial charge is 0.266 e. The highest BCUT2D eigenvalue weighted by Crippen LogP contribution is 1.88. The first kappa shape index (κ1) is 18.8. The molecule has 0 rings (SSSR count). The zero-order valence-electron chi connectivity index (χ0n) is 11.9. The van der Waals surface area contributed by atoms with Crippen LogP contribution in [0.1, 0.15) is 20.8 Å². The molecule has 0 aromatic heterocycles. The van der Waals surface area contributed by atoms with Gasteiger partial charge in [-0.25, -0.2) is 0 Å². The Bertz CT molecular complexity index is 272. The molecule has 1 amide bonds. The molecule has 0 spiro atoms. The predicted octanol–water partition coefficient (Wildman–Crippen LogP) is 1.58. The standard InChI is InChI=1S/C12H21N3O.C2H6/c1-5-6-13-7-8-14-12(16)11(4)15-9-10(2)3;1-2/h5,13,15H,1-2,4,6-9H2,3H3,(H,14,16);1-2H3. The minimum Gasteiger partial charge on any atom is -0.377 e. The fourth-order valence-corrected chi connectivity index (χ4v) is 0.913. The molecule has 18 heavy (non-hydrogen) atoms. The molecule has 4 nitrogen and oxygen atoms in total. The van der Waals surface area contributed by atoms with E-state index in [4.69, 9.17) is 0 Å². The molecule has 0 aromatic rings. The van der Waals surface area contributed by atoms with Crippen molar-refractivity contribution >= 4 is 5.91 Å². The van der Waals surface area contributed by atoms with Gasteiger partial charge in [-0.2, -0.15) is 0 Å². The summed E-state index contributed by atoms with van der Waals surface area (Å²) in [5.41, 5.74) is 1.33. The van der Waals surface area contributed by atoms with E-state index in [1.54, 1.807) is 6.08 Å². The lowest BCUT2D eigenvalue weighted by Crippen LogP contribution is -2.36. The first-order valence-corrected chi connectivity index (χ1v) is 6.25. The summed E-state index contributed by atoms with van der Waals surface area (Å²) in [5, 5.41) is 8.71. The van der Waals surface area contributed by atoms with Crippen LogP contribution in [-0.2, 0) is 4.79 Å². The van der Waals surface area contributed by atoms with Crippen LogP contribution < -0.4 is 16.0 Å². The Morgan fingerprint density at radius 3 is 2.28 bits per heavy atom. The number of carbonyl (C=O) groups excluding carboxylic acids is 1. The fourth-order valence-electron chi connectivity index (χ4n) is 0.913. The maximum Gasteiger partial charge on any atom is 0.266 e. The summed E-state index contributed by atoms with van der Waals surface area (Å²) in [4.78, 5) is 11.4. The maximum atomic E-state index is 11.4. The predicted molar refractivity (Wildman–Crippen MR) is 79.4 cm³/mol. The van der Waals surface area contributed by atoms with Gasteiger partial charge in [0, 0.05) is 26.2 Å². The summed E-state index contributed by atoms with van der Waals surface area (Å²) >= 11 is 0. The fraction of sp³-hybridized carbons (Fsp3) is 0.500. The van der Waals surface area contributed by atoms with Crippen LogP contribution in [0.25, 0.3) is 0 Å². The summed E-state index contributed by atoms with van der Waals surface area (Å²) < 4.78 is 0. The normalized spacial score (nSPS) is 8.61. The third-order valence-electron chi connectivity index (χ3n) is 1.75. The summed E-state index contributed by atoms with van der Waals surface area (Å²) in [5.74, 6) is -0.179. The van der Waals surface area contributed by atoms with E-state index < -0.39 is 0 Å². The second-order valence-electron chi connectivity index (χ2n) is 3.54. The Morgan fingerprint density at radius 1 is 1.17 bits per heavy atom. The molecule has 0 radical (unpaired) electrons. The third-order valence-corrected chi connectivity index (χ3v) is 1.75. The first-order valence-electron chi connectivity index (χ1n) is 6.25. The van der Waals surface area contributed by atoms with Gasteiger partial charge in [-0.15, -0.1) is 6.58 Å². The van der Waals surface area contributed by atoms with E-state index in [-0.39, 0.29) is 5.91 Å². The number of amides is 1. The molecule has 0 unspecified atom stereocenters. The second-order valence-corrected chi connectivity index (χ2v) is 3.54. The zero-order chi connectivity index (χ0) is 14.4. The molecule has 0 aliphatic heterocycles. The van der Waals surface area contributed by atoms with Gasteiger partial charge in [0.25, 0.3) is 5.91 Å². The Labute approximate surface area is 111 Å². The number of hydrogen-bond acceptors (Lipinski definition) is 3. The molecule has 0 fully saturated rings. The van der Waals surface area contributed by atoms with Crippen molar-refractivity contribution in [2.24, 2.45) is 0 Å². The van der Waals surface area contributed by atoms with Crippen molar-refractivity contribution in [2.45, 2.75) is 20.8 Å². The molecule has 4 heteroatoms. The first-order chi connectivity index (χ1) is 8.57. The SMILES string of the molecule is C=CCNCCNC(=O)C(=C)NCC(=C)C.CC. The van der Waals surface area contributed by atoms with Crippen LogP contribution in [0.5, 0.6) is 0 Å². The van der Waals surface area contributed by atoms with Crippen LogP contribution in [-0.4, -0.2) is 32.1 Å². The third kappa shape index (κ3) is 12.5. The van der Waals surface area contributed by atoms with Crippen LogP contribution in [0, 0.1) is 0 Å². The Morgan fingerprint density at radius 2 is 1.78 bits per heavy atom. The quantitative estimate of drug-likeness (QED) is 0.332. The van der Waals surface area contributed by atoms with Crippen LogP contribution in [0.3, 0.4) is 0 Å². The van der Waals surface area contributed by atoms with E-state index in [1.165, 1.54) is 0 Å². The molecule has 0 aliphatic rings. The van der Waals surface area contributed by atoms with Crippen molar-refractivity contribution < 1.29 is 4.79 Å². The molecular formula is C14H27N3O. The lowest BCUT2D eigenvalue weighted by Gasteiger charge is -2.10. The highest BCUT2D eigenvalue weighted by molar-refractivity contribution is 5.92. The Kier molecular flexibility index (Phi) is 14.1. The Balaban J connectivity index is 0. The largest absolute Gasteiger partial charge is 0.377 e. The van der Waals surface area contributed by atoms with Crippen molar-refractivity contribution in [3.63, 3.8) is 0 Å². The number of rotatable bonds is 9. The summed E-state index contributed by atoms with van der Waals surface area (Å²) in [6.45, 7) is 19.4. The van der Waals surface area contributed by atoms with Gasteiger partial charge in [-0.3, -0.25) is 4.79 Å². The van der Waals surface area contributed by atoms with Gasteiger partial charge in [0.1, 0.15) is 0 Å². The van der Waals surface area contributed by atoms with Crippen LogP contribution in [0.2, 0.25) is 0 Å². The number of carbonyl (C=O) groups is 1. The zero-order valence-corrected chi connectivity index (χ0v) is 11.9. The minimum atomic E-state index is -0.179. The minimum absolute atomic E-state index is 0.179. The molecule has 0 aromatic carbocycles.